The van der Waals surface area contributed by atoms with Gasteiger partial charge < -0.3 is 9.84 Å². The predicted octanol–water partition coefficient (Wildman–Crippen LogP) is 2.95. The van der Waals surface area contributed by atoms with Gasteiger partial charge in [-0.25, -0.2) is 4.79 Å². The molecule has 0 saturated carbocycles. The van der Waals surface area contributed by atoms with E-state index in [9.17, 15) is 4.79 Å². The molecule has 0 aromatic heterocycles. The highest BCUT2D eigenvalue weighted by atomic mass is 16.5. The van der Waals surface area contributed by atoms with E-state index in [4.69, 9.17) is 9.84 Å². The molecule has 1 aromatic rings. The van der Waals surface area contributed by atoms with Gasteiger partial charge in [0.1, 0.15) is 11.3 Å². The fraction of sp³-hybridized carbons (Fsp3) is 0.417. The summed E-state index contributed by atoms with van der Waals surface area (Å²) < 4.78 is 5.57. The number of ether oxygens (including phenoxy) is 1. The number of carboxylic acids is 1. The van der Waals surface area contributed by atoms with E-state index in [2.05, 4.69) is 6.92 Å². The van der Waals surface area contributed by atoms with Gasteiger partial charge in [-0.15, -0.1) is 0 Å². The molecule has 0 heterocycles. The van der Waals surface area contributed by atoms with Crippen LogP contribution in [0.25, 0.3) is 0 Å². The van der Waals surface area contributed by atoms with Crippen molar-refractivity contribution in [1.82, 2.24) is 0 Å². The molecule has 0 spiro atoms. The quantitative estimate of drug-likeness (QED) is 0.809. The van der Waals surface area contributed by atoms with Gasteiger partial charge in [0, 0.05) is 0 Å². The highest BCUT2D eigenvalue weighted by Gasteiger charge is 2.12. The molecule has 0 aliphatic rings. The third-order valence-electron chi connectivity index (χ3n) is 2.14. The zero-order valence-corrected chi connectivity index (χ0v) is 9.06. The largest absolute Gasteiger partial charge is 0.490 e. The summed E-state index contributed by atoms with van der Waals surface area (Å²) in [7, 11) is 0. The van der Waals surface area contributed by atoms with E-state index in [0.29, 0.717) is 5.75 Å². The molecule has 3 heteroatoms. The van der Waals surface area contributed by atoms with Gasteiger partial charge in [0.2, 0.25) is 0 Å². The molecule has 0 fully saturated rings. The van der Waals surface area contributed by atoms with Crippen LogP contribution in [-0.4, -0.2) is 17.2 Å². The van der Waals surface area contributed by atoms with Gasteiger partial charge in [-0.1, -0.05) is 25.5 Å². The summed E-state index contributed by atoms with van der Waals surface area (Å²) in [4.78, 5) is 10.9. The molecule has 1 atom stereocenters. The van der Waals surface area contributed by atoms with Gasteiger partial charge in [-0.2, -0.15) is 0 Å². The lowest BCUT2D eigenvalue weighted by Gasteiger charge is -2.15. The Hall–Kier alpha value is -1.51. The maximum atomic E-state index is 10.9. The van der Waals surface area contributed by atoms with Crippen molar-refractivity contribution >= 4 is 5.97 Å². The lowest BCUT2D eigenvalue weighted by molar-refractivity contribution is 0.0689. The summed E-state index contributed by atoms with van der Waals surface area (Å²) in [6, 6.07) is 6.72. The molecule has 0 saturated heterocycles. The molecule has 0 aliphatic carbocycles. The standard InChI is InChI=1S/C12H16O3/c1-3-6-9(2)15-11-8-5-4-7-10(11)12(13)14/h4-5,7-9H,3,6H2,1-2H3,(H,13,14)/t9-/m0/s1. The molecule has 0 aliphatic heterocycles. The molecule has 1 rings (SSSR count). The molecule has 1 aromatic carbocycles. The maximum Gasteiger partial charge on any atom is 0.339 e. The fourth-order valence-corrected chi connectivity index (χ4v) is 1.43. The first kappa shape index (κ1) is 11.6. The fourth-order valence-electron chi connectivity index (χ4n) is 1.43. The van der Waals surface area contributed by atoms with E-state index in [0.717, 1.165) is 12.8 Å². The van der Waals surface area contributed by atoms with Crippen molar-refractivity contribution in [3.05, 3.63) is 29.8 Å². The number of carbonyl (C=O) groups is 1. The molecular formula is C12H16O3. The second-order valence-electron chi connectivity index (χ2n) is 3.52. The van der Waals surface area contributed by atoms with Crippen molar-refractivity contribution in [2.24, 2.45) is 0 Å². The van der Waals surface area contributed by atoms with Crippen molar-refractivity contribution in [3.63, 3.8) is 0 Å². The van der Waals surface area contributed by atoms with Crippen LogP contribution in [0.15, 0.2) is 24.3 Å². The van der Waals surface area contributed by atoms with Crippen LogP contribution in [0.3, 0.4) is 0 Å². The summed E-state index contributed by atoms with van der Waals surface area (Å²) in [6.45, 7) is 4.02. The van der Waals surface area contributed by atoms with Crippen molar-refractivity contribution in [3.8, 4) is 5.75 Å². The number of carboxylic acid groups (broad SMARTS) is 1. The second-order valence-corrected chi connectivity index (χ2v) is 3.52. The minimum atomic E-state index is -0.950. The Morgan fingerprint density at radius 1 is 1.47 bits per heavy atom. The van der Waals surface area contributed by atoms with E-state index >= 15 is 0 Å². The highest BCUT2D eigenvalue weighted by molar-refractivity contribution is 5.90. The zero-order valence-electron chi connectivity index (χ0n) is 9.06. The molecule has 82 valence electrons. The maximum absolute atomic E-state index is 10.9. The van der Waals surface area contributed by atoms with Crippen LogP contribution in [0.1, 0.15) is 37.0 Å². The van der Waals surface area contributed by atoms with E-state index in [-0.39, 0.29) is 11.7 Å². The van der Waals surface area contributed by atoms with Crippen LogP contribution < -0.4 is 4.74 Å². The molecule has 0 amide bonds. The van der Waals surface area contributed by atoms with Crippen LogP contribution >= 0.6 is 0 Å². The van der Waals surface area contributed by atoms with Crippen molar-refractivity contribution < 1.29 is 14.6 Å². The van der Waals surface area contributed by atoms with Gasteiger partial charge in [0.05, 0.1) is 6.10 Å². The topological polar surface area (TPSA) is 46.5 Å². The van der Waals surface area contributed by atoms with Crippen LogP contribution in [0.5, 0.6) is 5.75 Å². The first-order chi connectivity index (χ1) is 7.15. The number of hydrogen-bond acceptors (Lipinski definition) is 2. The van der Waals surface area contributed by atoms with Crippen LogP contribution in [0.2, 0.25) is 0 Å². The number of hydrogen-bond donors (Lipinski definition) is 1. The molecular weight excluding hydrogens is 192 g/mol. The third kappa shape index (κ3) is 3.27. The molecule has 3 nitrogen and oxygen atoms in total. The number of benzene rings is 1. The highest BCUT2D eigenvalue weighted by Crippen LogP contribution is 2.20. The Balaban J connectivity index is 2.79. The molecule has 0 bridgehead atoms. The average Bonchev–Trinajstić information content (AvgIpc) is 2.18. The minimum absolute atomic E-state index is 0.0514. The minimum Gasteiger partial charge on any atom is -0.490 e. The van der Waals surface area contributed by atoms with Gasteiger partial charge >= 0.3 is 5.97 Å². The van der Waals surface area contributed by atoms with Crippen molar-refractivity contribution in [2.45, 2.75) is 32.8 Å². The van der Waals surface area contributed by atoms with Crippen LogP contribution in [0.4, 0.5) is 0 Å². The normalized spacial score (nSPS) is 12.1. The summed E-state index contributed by atoms with van der Waals surface area (Å²) in [5.41, 5.74) is 0.223. The summed E-state index contributed by atoms with van der Waals surface area (Å²) in [5, 5.41) is 8.93. The lowest BCUT2D eigenvalue weighted by atomic mass is 10.2. The molecule has 0 radical (unpaired) electrons. The van der Waals surface area contributed by atoms with E-state index < -0.39 is 5.97 Å². The predicted molar refractivity (Wildman–Crippen MR) is 58.4 cm³/mol. The number of aromatic carboxylic acids is 1. The van der Waals surface area contributed by atoms with Gasteiger partial charge in [0.25, 0.3) is 0 Å². The van der Waals surface area contributed by atoms with Crippen LogP contribution in [-0.2, 0) is 0 Å². The van der Waals surface area contributed by atoms with E-state index in [1.54, 1.807) is 24.3 Å². The second kappa shape index (κ2) is 5.39. The molecule has 15 heavy (non-hydrogen) atoms. The average molecular weight is 208 g/mol. The first-order valence-electron chi connectivity index (χ1n) is 5.14. The number of para-hydroxylation sites is 1. The lowest BCUT2D eigenvalue weighted by Crippen LogP contribution is -2.13. The Morgan fingerprint density at radius 2 is 2.13 bits per heavy atom. The zero-order chi connectivity index (χ0) is 11.3. The SMILES string of the molecule is CCC[C@H](C)Oc1ccccc1C(=O)O. The molecule has 0 unspecified atom stereocenters. The summed E-state index contributed by atoms with van der Waals surface area (Å²) in [5.74, 6) is -0.500. The van der Waals surface area contributed by atoms with Crippen molar-refractivity contribution in [1.29, 1.82) is 0 Å². The molecule has 1 N–H and O–H groups in total. The monoisotopic (exact) mass is 208 g/mol. The van der Waals surface area contributed by atoms with E-state index in [1.165, 1.54) is 0 Å². The Kier molecular flexibility index (Phi) is 4.16. The Morgan fingerprint density at radius 3 is 2.73 bits per heavy atom. The first-order valence-corrected chi connectivity index (χ1v) is 5.14. The third-order valence-corrected chi connectivity index (χ3v) is 2.14. The summed E-state index contributed by atoms with van der Waals surface area (Å²) >= 11 is 0. The number of rotatable bonds is 5. The van der Waals surface area contributed by atoms with Gasteiger partial charge in [0.15, 0.2) is 0 Å². The Labute approximate surface area is 89.7 Å². The van der Waals surface area contributed by atoms with Gasteiger partial charge in [-0.3, -0.25) is 0 Å². The van der Waals surface area contributed by atoms with Crippen molar-refractivity contribution in [2.75, 3.05) is 0 Å². The van der Waals surface area contributed by atoms with E-state index in [1.807, 2.05) is 6.92 Å². The Bertz CT molecular complexity index is 333. The van der Waals surface area contributed by atoms with Gasteiger partial charge in [-0.05, 0) is 25.5 Å². The summed E-state index contributed by atoms with van der Waals surface area (Å²) in [6.07, 6.45) is 2.00. The smallest absolute Gasteiger partial charge is 0.339 e. The van der Waals surface area contributed by atoms with Crippen LogP contribution in [0, 0.1) is 0 Å².